The number of nitrogens with one attached hydrogen (secondary N) is 1. The molecule has 0 atom stereocenters. The lowest BCUT2D eigenvalue weighted by Gasteiger charge is -2.34. The first kappa shape index (κ1) is 32.8. The summed E-state index contributed by atoms with van der Waals surface area (Å²) in [5.41, 5.74) is 10.5. The van der Waals surface area contributed by atoms with Crippen LogP contribution in [0.5, 0.6) is 0 Å². The van der Waals surface area contributed by atoms with E-state index in [1.165, 1.54) is 7.11 Å². The van der Waals surface area contributed by atoms with Gasteiger partial charge in [-0.25, -0.2) is 4.79 Å². The quantitative estimate of drug-likeness (QED) is 0.114. The Bertz CT molecular complexity index is 2240. The zero-order valence-electron chi connectivity index (χ0n) is 29.2. The number of pyridine rings is 1. The highest BCUT2D eigenvalue weighted by molar-refractivity contribution is 5.98. The summed E-state index contributed by atoms with van der Waals surface area (Å²) in [5, 5.41) is 18.2. The zero-order valence-corrected chi connectivity index (χ0v) is 29.2. The van der Waals surface area contributed by atoms with Gasteiger partial charge in [0.05, 0.1) is 18.5 Å². The number of benzene rings is 5. The van der Waals surface area contributed by atoms with E-state index < -0.39 is 5.54 Å². The first-order chi connectivity index (χ1) is 25.6. The second-order valence-corrected chi connectivity index (χ2v) is 13.0. The predicted octanol–water partition coefficient (Wildman–Crippen LogP) is 8.44. The maximum absolute atomic E-state index is 12.8. The molecule has 1 N–H and O–H groups in total. The number of aromatic nitrogens is 5. The lowest BCUT2D eigenvalue weighted by atomic mass is 9.77. The Balaban J connectivity index is 1.14. The highest BCUT2D eigenvalue weighted by Gasteiger charge is 2.41. The fourth-order valence-corrected chi connectivity index (χ4v) is 7.53. The predicted molar refractivity (Wildman–Crippen MR) is 203 cm³/mol. The Morgan fingerprint density at radius 3 is 1.92 bits per heavy atom. The van der Waals surface area contributed by atoms with E-state index in [-0.39, 0.29) is 5.97 Å². The second-order valence-electron chi connectivity index (χ2n) is 13.0. The van der Waals surface area contributed by atoms with E-state index in [9.17, 15) is 4.79 Å². The van der Waals surface area contributed by atoms with Gasteiger partial charge in [0.15, 0.2) is 5.54 Å². The van der Waals surface area contributed by atoms with Crippen LogP contribution in [0.1, 0.15) is 56.0 Å². The molecule has 0 radical (unpaired) electrons. The molecule has 2 heterocycles. The molecule has 0 unspecified atom stereocenters. The van der Waals surface area contributed by atoms with Crippen molar-refractivity contribution in [1.29, 1.82) is 0 Å². The molecular formula is C44H38N6O2. The highest BCUT2D eigenvalue weighted by Crippen LogP contribution is 2.40. The Morgan fingerprint density at radius 1 is 0.750 bits per heavy atom. The van der Waals surface area contributed by atoms with Gasteiger partial charge in [-0.2, -0.15) is 0 Å². The van der Waals surface area contributed by atoms with Crippen LogP contribution in [-0.4, -0.2) is 38.3 Å². The van der Waals surface area contributed by atoms with Crippen LogP contribution in [0.15, 0.2) is 140 Å². The monoisotopic (exact) mass is 682 g/mol. The smallest absolute Gasteiger partial charge is 0.341 e. The van der Waals surface area contributed by atoms with Crippen molar-refractivity contribution in [2.24, 2.45) is 0 Å². The van der Waals surface area contributed by atoms with Crippen molar-refractivity contribution < 1.29 is 9.53 Å². The topological polar surface area (TPSA) is 94.8 Å². The Kier molecular flexibility index (Phi) is 8.87. The molecule has 0 spiro atoms. The molecule has 7 aromatic rings. The Hall–Kier alpha value is -6.41. The van der Waals surface area contributed by atoms with Crippen LogP contribution in [0.25, 0.3) is 22.5 Å². The molecule has 8 rings (SSSR count). The molecule has 1 aliphatic rings. The molecule has 2 aromatic heterocycles. The molecule has 52 heavy (non-hydrogen) atoms. The minimum Gasteiger partial charge on any atom is -0.465 e. The van der Waals surface area contributed by atoms with Gasteiger partial charge in [-0.1, -0.05) is 140 Å². The van der Waals surface area contributed by atoms with Crippen LogP contribution < -0.4 is 5.32 Å². The van der Waals surface area contributed by atoms with Crippen LogP contribution in [-0.2, 0) is 29.7 Å². The van der Waals surface area contributed by atoms with E-state index >= 15 is 0 Å². The van der Waals surface area contributed by atoms with E-state index in [1.807, 2.05) is 79.7 Å². The highest BCUT2D eigenvalue weighted by atomic mass is 16.5. The van der Waals surface area contributed by atoms with E-state index in [4.69, 9.17) is 25.1 Å². The number of hydrogen-bond donors (Lipinski definition) is 1. The van der Waals surface area contributed by atoms with E-state index in [2.05, 4.69) is 72.0 Å². The summed E-state index contributed by atoms with van der Waals surface area (Å²) in [6.45, 7) is 2.43. The van der Waals surface area contributed by atoms with Gasteiger partial charge in [0.25, 0.3) is 0 Å². The first-order valence-corrected chi connectivity index (χ1v) is 17.6. The average molecular weight is 683 g/mol. The summed E-state index contributed by atoms with van der Waals surface area (Å²) >= 11 is 0. The lowest BCUT2D eigenvalue weighted by Crippen LogP contribution is -2.39. The van der Waals surface area contributed by atoms with E-state index in [0.717, 1.165) is 75.2 Å². The third kappa shape index (κ3) is 5.82. The summed E-state index contributed by atoms with van der Waals surface area (Å²) in [7, 11) is 1.41. The summed E-state index contributed by atoms with van der Waals surface area (Å²) in [4.78, 5) is 19.2. The van der Waals surface area contributed by atoms with Crippen LogP contribution in [0.4, 0.5) is 5.69 Å². The minimum absolute atomic E-state index is 0.367. The van der Waals surface area contributed by atoms with Crippen molar-refractivity contribution in [2.45, 2.75) is 38.3 Å². The molecule has 0 bridgehead atoms. The zero-order chi connectivity index (χ0) is 35.5. The van der Waals surface area contributed by atoms with Crippen molar-refractivity contribution in [2.75, 3.05) is 12.4 Å². The fraction of sp³-hybridized carbons (Fsp3) is 0.159. The average Bonchev–Trinajstić information content (AvgIpc) is 3.89. The number of carbonyl (C=O) groups excluding carboxylic acids is 1. The maximum Gasteiger partial charge on any atom is 0.341 e. The second kappa shape index (κ2) is 14.1. The summed E-state index contributed by atoms with van der Waals surface area (Å²) in [6.07, 6.45) is 2.85. The van der Waals surface area contributed by atoms with Crippen LogP contribution >= 0.6 is 0 Å². The first-order valence-electron chi connectivity index (χ1n) is 17.6. The van der Waals surface area contributed by atoms with E-state index in [0.29, 0.717) is 23.6 Å². The number of hydrogen-bond acceptors (Lipinski definition) is 7. The molecule has 8 heteroatoms. The normalized spacial score (nSPS) is 12.3. The number of carbonyl (C=O) groups is 1. The lowest BCUT2D eigenvalue weighted by molar-refractivity contribution is 0.0600. The SMILES string of the molecule is COC(=O)c1c(C)nc2c(c1NCc1ccc(-c3ccccc3-c3nnn(C(c4ccccc4)(c4ccccc4)c4ccccc4)n3)cc1)CCC2. The molecule has 0 saturated carbocycles. The largest absolute Gasteiger partial charge is 0.465 e. The molecule has 0 amide bonds. The number of aryl methyl sites for hydroxylation is 2. The van der Waals surface area contributed by atoms with Crippen molar-refractivity contribution in [3.05, 3.63) is 184 Å². The summed E-state index contributed by atoms with van der Waals surface area (Å²) < 4.78 is 5.13. The van der Waals surface area contributed by atoms with Gasteiger partial charge in [-0.15, -0.1) is 15.0 Å². The van der Waals surface area contributed by atoms with E-state index in [1.54, 1.807) is 4.80 Å². The molecule has 8 nitrogen and oxygen atoms in total. The number of esters is 1. The summed E-state index contributed by atoms with van der Waals surface area (Å²) in [5.74, 6) is 0.166. The molecule has 0 saturated heterocycles. The third-order valence-electron chi connectivity index (χ3n) is 9.98. The number of nitrogens with zero attached hydrogens (tertiary/aromatic N) is 5. The number of ether oxygens (including phenoxy) is 1. The number of anilines is 1. The molecule has 0 aliphatic heterocycles. The van der Waals surface area contributed by atoms with Crippen molar-refractivity contribution in [3.8, 4) is 22.5 Å². The van der Waals surface area contributed by atoms with Crippen molar-refractivity contribution in [1.82, 2.24) is 25.2 Å². The molecular weight excluding hydrogens is 645 g/mol. The van der Waals surface area contributed by atoms with Crippen LogP contribution in [0.3, 0.4) is 0 Å². The number of tetrazole rings is 1. The van der Waals surface area contributed by atoms with Crippen molar-refractivity contribution >= 4 is 11.7 Å². The van der Waals surface area contributed by atoms with Gasteiger partial charge in [0.1, 0.15) is 5.56 Å². The van der Waals surface area contributed by atoms with Gasteiger partial charge >= 0.3 is 5.97 Å². The summed E-state index contributed by atoms with van der Waals surface area (Å²) in [6, 6.07) is 47.7. The van der Waals surface area contributed by atoms with Gasteiger partial charge < -0.3 is 10.1 Å². The minimum atomic E-state index is -0.861. The number of rotatable bonds is 10. The van der Waals surface area contributed by atoms with Gasteiger partial charge in [0, 0.05) is 17.8 Å². The van der Waals surface area contributed by atoms with Gasteiger partial charge in [0.2, 0.25) is 5.82 Å². The van der Waals surface area contributed by atoms with Gasteiger partial charge in [-0.05, 0) is 70.3 Å². The number of methoxy groups -OCH3 is 1. The molecule has 0 fully saturated rings. The molecule has 5 aromatic carbocycles. The fourth-order valence-electron chi connectivity index (χ4n) is 7.53. The Labute approximate surface area is 303 Å². The maximum atomic E-state index is 12.8. The Morgan fingerprint density at radius 2 is 1.33 bits per heavy atom. The van der Waals surface area contributed by atoms with Crippen LogP contribution in [0, 0.1) is 6.92 Å². The number of fused-ring (bicyclic) bond motifs is 1. The molecule has 1 aliphatic carbocycles. The van der Waals surface area contributed by atoms with Gasteiger partial charge in [-0.3, -0.25) is 4.98 Å². The van der Waals surface area contributed by atoms with Crippen LogP contribution in [0.2, 0.25) is 0 Å². The standard InChI is InChI=1S/C44H38N6O2/c1-30-40(43(51)52-2)41(38-23-14-24-39(38)46-30)45-29-31-25-27-32(28-26-31)36-21-12-13-22-37(36)42-47-49-50(48-42)44(33-15-6-3-7-16-33,34-17-8-4-9-18-34)35-19-10-5-11-20-35/h3-13,15-22,25-28H,14,23-24,29H2,1-2H3,(H,45,46). The van der Waals surface area contributed by atoms with Crippen molar-refractivity contribution in [3.63, 3.8) is 0 Å². The molecule has 256 valence electrons. The third-order valence-corrected chi connectivity index (χ3v) is 9.98.